The Bertz CT molecular complexity index is 884. The summed E-state index contributed by atoms with van der Waals surface area (Å²) in [7, 11) is 4.47. The number of rotatable bonds is 5. The Morgan fingerprint density at radius 2 is 1.56 bits per heavy atom. The Morgan fingerprint density at radius 1 is 0.840 bits per heavy atom. The molecule has 0 aliphatic rings. The second kappa shape index (κ2) is 8.09. The summed E-state index contributed by atoms with van der Waals surface area (Å²) >= 11 is 0. The number of benzene rings is 3. The molecule has 25 heavy (non-hydrogen) atoms. The van der Waals surface area contributed by atoms with Crippen molar-refractivity contribution < 1.29 is 9.68 Å². The minimum Gasteiger partial charge on any atom is -0.507 e. The number of hydrogen-bond donors (Lipinski definition) is 1. The number of phenols is 1. The zero-order chi connectivity index (χ0) is 17.6. The van der Waals surface area contributed by atoms with E-state index in [-0.39, 0.29) is 0 Å². The van der Waals surface area contributed by atoms with Gasteiger partial charge in [-0.05, 0) is 41.1 Å². The van der Waals surface area contributed by atoms with Gasteiger partial charge in [0, 0.05) is 10.9 Å². The van der Waals surface area contributed by atoms with E-state index in [0.29, 0.717) is 14.3 Å². The summed E-state index contributed by atoms with van der Waals surface area (Å²) in [5, 5.41) is 12.6. The molecule has 3 aromatic rings. The van der Waals surface area contributed by atoms with Gasteiger partial charge in [0.1, 0.15) is 19.8 Å². The van der Waals surface area contributed by atoms with Crippen LogP contribution in [0.5, 0.6) is 5.75 Å². The van der Waals surface area contributed by atoms with Gasteiger partial charge in [0.25, 0.3) is 0 Å². The number of hydrogen-bond acceptors (Lipinski definition) is 1. The van der Waals surface area contributed by atoms with Gasteiger partial charge < -0.3 is 5.11 Å². The molecule has 126 valence electrons. The molecule has 1 N–H and O–H groups in total. The van der Waals surface area contributed by atoms with Gasteiger partial charge in [-0.25, -0.2) is 4.58 Å². The first-order chi connectivity index (χ1) is 12.1. The summed E-state index contributed by atoms with van der Waals surface area (Å²) in [6.45, 7) is 0. The van der Waals surface area contributed by atoms with E-state index < -0.39 is 0 Å². The quantitative estimate of drug-likeness (QED) is 0.427. The van der Waals surface area contributed by atoms with E-state index in [9.17, 15) is 5.11 Å². The van der Waals surface area contributed by atoms with E-state index in [1.165, 1.54) is 22.0 Å². The highest BCUT2D eigenvalue weighted by Crippen LogP contribution is 2.22. The Labute approximate surface area is 151 Å². The highest BCUT2D eigenvalue weighted by molar-refractivity contribution is 7.56. The highest BCUT2D eigenvalue weighted by atomic mass is 31.1. The average Bonchev–Trinajstić information content (AvgIpc) is 2.60. The molecule has 3 rings (SSSR count). The van der Waals surface area contributed by atoms with E-state index in [0.717, 1.165) is 11.7 Å². The largest absolute Gasteiger partial charge is 0.507 e. The summed E-state index contributed by atoms with van der Waals surface area (Å²) in [4.78, 5) is 0. The van der Waals surface area contributed by atoms with Crippen LogP contribution in [0.2, 0.25) is 0 Å². The van der Waals surface area contributed by atoms with Crippen LogP contribution in [-0.2, 0) is 6.42 Å². The van der Waals surface area contributed by atoms with Gasteiger partial charge in [-0.15, -0.1) is 0 Å². The van der Waals surface area contributed by atoms with Crippen LogP contribution in [0.25, 0.3) is 0 Å². The van der Waals surface area contributed by atoms with Gasteiger partial charge in [-0.3, -0.25) is 0 Å². The van der Waals surface area contributed by atoms with Crippen molar-refractivity contribution in [3.63, 3.8) is 0 Å². The lowest BCUT2D eigenvalue weighted by atomic mass is 10.1. The molecule has 0 aliphatic heterocycles. The zero-order valence-electron chi connectivity index (χ0n) is 14.6. The maximum atomic E-state index is 10.3. The van der Waals surface area contributed by atoms with E-state index >= 15 is 0 Å². The molecule has 0 spiro atoms. The fourth-order valence-electron chi connectivity index (χ4n) is 2.77. The molecule has 0 radical (unpaired) electrons. The van der Waals surface area contributed by atoms with Gasteiger partial charge in [0.15, 0.2) is 6.21 Å². The lowest BCUT2D eigenvalue weighted by Crippen LogP contribution is -2.12. The van der Waals surface area contributed by atoms with Crippen molar-refractivity contribution in [2.24, 2.45) is 0 Å². The van der Waals surface area contributed by atoms with Crippen LogP contribution in [0.4, 0.5) is 0 Å². The smallest absolute Gasteiger partial charge is 0.170 e. The highest BCUT2D eigenvalue weighted by Gasteiger charge is 2.09. The topological polar surface area (TPSA) is 23.2 Å². The first-order valence-corrected chi connectivity index (χ1v) is 9.35. The second-order valence-corrected chi connectivity index (χ2v) is 7.65. The van der Waals surface area contributed by atoms with E-state index in [4.69, 9.17) is 0 Å². The molecule has 0 heterocycles. The first kappa shape index (κ1) is 17.4. The molecular formula is C22H23NOP+. The Morgan fingerprint density at radius 3 is 2.32 bits per heavy atom. The van der Waals surface area contributed by atoms with Gasteiger partial charge in [0.2, 0.25) is 0 Å². The molecule has 0 bridgehead atoms. The molecule has 0 fully saturated rings. The van der Waals surface area contributed by atoms with Crippen LogP contribution in [0.1, 0.15) is 16.7 Å². The molecular weight excluding hydrogens is 325 g/mol. The molecule has 0 aromatic heterocycles. The van der Waals surface area contributed by atoms with E-state index in [1.54, 1.807) is 0 Å². The predicted molar refractivity (Wildman–Crippen MR) is 109 cm³/mol. The molecule has 0 amide bonds. The minimum absolute atomic E-state index is 0.370. The Hall–Kier alpha value is -2.44. The fraction of sp³-hybridized carbons (Fsp3) is 0.136. The van der Waals surface area contributed by atoms with Crippen molar-refractivity contribution in [1.29, 1.82) is 0 Å². The van der Waals surface area contributed by atoms with Crippen LogP contribution >= 0.6 is 8.58 Å². The number of aromatic hydroxyl groups is 1. The zero-order valence-corrected chi connectivity index (χ0v) is 15.6. The van der Waals surface area contributed by atoms with Gasteiger partial charge in [-0.2, -0.15) is 0 Å². The van der Waals surface area contributed by atoms with Gasteiger partial charge >= 0.3 is 0 Å². The van der Waals surface area contributed by atoms with E-state index in [1.807, 2.05) is 32.3 Å². The lowest BCUT2D eigenvalue weighted by molar-refractivity contribution is -0.458. The first-order valence-electron chi connectivity index (χ1n) is 8.35. The second-order valence-electron chi connectivity index (χ2n) is 6.32. The summed E-state index contributed by atoms with van der Waals surface area (Å²) in [5.41, 5.74) is 3.70. The molecule has 2 nitrogen and oxygen atoms in total. The van der Waals surface area contributed by atoms with Crippen LogP contribution < -0.4 is 10.6 Å². The van der Waals surface area contributed by atoms with E-state index in [2.05, 4.69) is 65.4 Å². The molecule has 3 heteroatoms. The maximum absolute atomic E-state index is 10.3. The third-order valence-electron chi connectivity index (χ3n) is 3.94. The molecule has 0 aliphatic carbocycles. The van der Waals surface area contributed by atoms with Crippen LogP contribution in [-0.4, -0.2) is 30.0 Å². The molecule has 0 saturated heterocycles. The summed E-state index contributed by atoms with van der Waals surface area (Å²) in [5.74, 6) is 0.370. The average molecular weight is 348 g/mol. The van der Waals surface area contributed by atoms with Crippen LogP contribution in [0.15, 0.2) is 72.8 Å². The van der Waals surface area contributed by atoms with Crippen molar-refractivity contribution in [3.8, 4) is 5.75 Å². The monoisotopic (exact) mass is 348 g/mol. The Balaban J connectivity index is 1.88. The standard InChI is InChI=1S/C22H22NOP/c1-23(2)16-19-10-6-7-11-21(19)25-22-15-18(12-13-20(22)24)14-17-8-4-3-5-9-17/h3-13,15-16,25H,14H2,1-2H3/p+1. The summed E-state index contributed by atoms with van der Waals surface area (Å²) < 4.78 is 2.05. The Kier molecular flexibility index (Phi) is 5.63. The van der Waals surface area contributed by atoms with Crippen LogP contribution in [0.3, 0.4) is 0 Å². The van der Waals surface area contributed by atoms with Crippen molar-refractivity contribution in [3.05, 3.63) is 89.5 Å². The fourth-order valence-corrected chi connectivity index (χ4v) is 4.00. The van der Waals surface area contributed by atoms with Gasteiger partial charge in [-0.1, -0.05) is 63.2 Å². The third-order valence-corrected chi connectivity index (χ3v) is 5.33. The van der Waals surface area contributed by atoms with Crippen molar-refractivity contribution in [1.82, 2.24) is 0 Å². The molecule has 1 atom stereocenters. The lowest BCUT2D eigenvalue weighted by Gasteiger charge is -2.10. The van der Waals surface area contributed by atoms with Crippen molar-refractivity contribution in [2.45, 2.75) is 6.42 Å². The summed E-state index contributed by atoms with van der Waals surface area (Å²) in [6.07, 6.45) is 3.00. The van der Waals surface area contributed by atoms with Crippen molar-refractivity contribution >= 4 is 25.4 Å². The maximum Gasteiger partial charge on any atom is 0.170 e. The number of nitrogens with zero attached hydrogens (tertiary/aromatic N) is 1. The minimum atomic E-state index is 0.370. The number of phenolic OH excluding ortho intramolecular Hbond substituents is 1. The van der Waals surface area contributed by atoms with Crippen LogP contribution in [0, 0.1) is 0 Å². The predicted octanol–water partition coefficient (Wildman–Crippen LogP) is 3.30. The van der Waals surface area contributed by atoms with Crippen molar-refractivity contribution in [2.75, 3.05) is 14.1 Å². The van der Waals surface area contributed by atoms with Gasteiger partial charge in [0.05, 0.1) is 0 Å². The molecule has 1 unspecified atom stereocenters. The normalized spacial score (nSPS) is 11.0. The molecule has 3 aromatic carbocycles. The SMILES string of the molecule is C[N+](C)=Cc1ccccc1Pc1cc(Cc2ccccc2)ccc1O. The summed E-state index contributed by atoms with van der Waals surface area (Å²) in [6, 6.07) is 24.7. The third kappa shape index (κ3) is 4.78. The molecule has 0 saturated carbocycles.